The Morgan fingerprint density at radius 3 is 2.68 bits per heavy atom. The third-order valence-corrected chi connectivity index (χ3v) is 4.22. The number of nitrogens with one attached hydrogen (secondary N) is 3. The van der Waals surface area contributed by atoms with Crippen LogP contribution in [0.15, 0.2) is 55.4 Å². The van der Waals surface area contributed by atoms with Gasteiger partial charge in [0.1, 0.15) is 23.7 Å². The van der Waals surface area contributed by atoms with Crippen LogP contribution in [0.1, 0.15) is 12.8 Å². The molecule has 4 N–H and O–H groups in total. The number of benzene rings is 2. The van der Waals surface area contributed by atoms with Gasteiger partial charge in [-0.15, -0.1) is 0 Å². The molecular weight excluding hydrogens is 405 g/mol. The number of amides is 2. The summed E-state index contributed by atoms with van der Waals surface area (Å²) < 4.78 is 18.9. The van der Waals surface area contributed by atoms with E-state index in [-0.39, 0.29) is 18.8 Å². The highest BCUT2D eigenvalue weighted by molar-refractivity contribution is 6.03. The fraction of sp³-hybridized carbons (Fsp3) is 0.143. The highest BCUT2D eigenvalue weighted by atomic mass is 19.1. The summed E-state index contributed by atoms with van der Waals surface area (Å²) in [7, 11) is 0. The van der Waals surface area contributed by atoms with Gasteiger partial charge in [0.15, 0.2) is 0 Å². The minimum Gasteiger partial charge on any atom is -0.491 e. The first-order valence-electron chi connectivity index (χ1n) is 9.30. The van der Waals surface area contributed by atoms with Crippen molar-refractivity contribution in [2.45, 2.75) is 12.8 Å². The number of rotatable bonds is 9. The zero-order valence-corrected chi connectivity index (χ0v) is 16.4. The van der Waals surface area contributed by atoms with Crippen molar-refractivity contribution in [3.05, 3.63) is 61.2 Å². The normalized spacial score (nSPS) is 10.4. The summed E-state index contributed by atoms with van der Waals surface area (Å²) in [6.45, 7) is 3.61. The van der Waals surface area contributed by atoms with Gasteiger partial charge < -0.3 is 15.4 Å². The van der Waals surface area contributed by atoms with Crippen molar-refractivity contribution in [3.8, 4) is 5.75 Å². The Kier molecular flexibility index (Phi) is 7.07. The molecule has 10 heteroatoms. The molecule has 0 fully saturated rings. The van der Waals surface area contributed by atoms with Gasteiger partial charge in [0.25, 0.3) is 0 Å². The average Bonchev–Trinajstić information content (AvgIpc) is 2.78. The van der Waals surface area contributed by atoms with E-state index >= 15 is 0 Å². The lowest BCUT2D eigenvalue weighted by Gasteiger charge is -2.15. The number of aromatic nitrogens is 2. The largest absolute Gasteiger partial charge is 0.491 e. The van der Waals surface area contributed by atoms with Gasteiger partial charge in [0.05, 0.1) is 17.8 Å². The molecule has 3 rings (SSSR count). The molecule has 0 saturated carbocycles. The first-order valence-corrected chi connectivity index (χ1v) is 9.30. The number of nitrogens with zero attached hydrogens (tertiary/aromatic N) is 2. The molecule has 2 aromatic carbocycles. The Bertz CT molecular complexity index is 1100. The molecule has 3 aromatic rings. The van der Waals surface area contributed by atoms with Crippen LogP contribution in [0.4, 0.5) is 21.6 Å². The summed E-state index contributed by atoms with van der Waals surface area (Å²) in [6, 6.07) is 9.08. The number of carbonyl (C=O) groups is 2. The smallest absolute Gasteiger partial charge is 0.247 e. The van der Waals surface area contributed by atoms with E-state index in [1.807, 2.05) is 0 Å². The SMILES string of the molecule is C=CC(=O)Nc1cc2c(Nc3ccc(F)cc3)ncnc2cc1OCCCC(=O)NO. The molecular formula is C21H20FN5O4. The lowest BCUT2D eigenvalue weighted by Crippen LogP contribution is -2.19. The fourth-order valence-electron chi connectivity index (χ4n) is 2.73. The molecule has 0 aliphatic heterocycles. The van der Waals surface area contributed by atoms with Crippen LogP contribution in [0, 0.1) is 5.82 Å². The first kappa shape index (κ1) is 21.7. The standard InChI is InChI=1S/C21H20FN5O4/c1-2-19(28)26-17-10-15-16(11-18(17)31-9-3-4-20(29)27-30)23-12-24-21(15)25-14-7-5-13(22)6-8-14/h2,5-8,10-12,30H,1,3-4,9H2,(H,26,28)(H,27,29)(H,23,24,25). The molecule has 9 nitrogen and oxygen atoms in total. The minimum absolute atomic E-state index is 0.0757. The maximum atomic E-state index is 13.2. The third-order valence-electron chi connectivity index (χ3n) is 4.22. The summed E-state index contributed by atoms with van der Waals surface area (Å²) in [4.78, 5) is 31.5. The molecule has 31 heavy (non-hydrogen) atoms. The number of carbonyl (C=O) groups excluding carboxylic acids is 2. The Balaban J connectivity index is 1.91. The van der Waals surface area contributed by atoms with Gasteiger partial charge >= 0.3 is 0 Å². The number of ether oxygens (including phenoxy) is 1. The van der Waals surface area contributed by atoms with E-state index in [9.17, 15) is 14.0 Å². The van der Waals surface area contributed by atoms with Gasteiger partial charge in [-0.25, -0.2) is 19.8 Å². The van der Waals surface area contributed by atoms with Gasteiger partial charge in [-0.1, -0.05) is 6.58 Å². The van der Waals surface area contributed by atoms with E-state index in [0.717, 1.165) is 6.08 Å². The number of halogens is 1. The molecule has 1 aromatic heterocycles. The zero-order chi connectivity index (χ0) is 22.2. The van der Waals surface area contributed by atoms with Crippen LogP contribution in [0.5, 0.6) is 5.75 Å². The number of anilines is 3. The quantitative estimate of drug-likeness (QED) is 0.179. The van der Waals surface area contributed by atoms with E-state index in [1.165, 1.54) is 18.5 Å². The predicted octanol–water partition coefficient (Wildman–Crippen LogP) is 3.30. The molecule has 0 aliphatic rings. The van der Waals surface area contributed by atoms with E-state index in [2.05, 4.69) is 27.2 Å². The zero-order valence-electron chi connectivity index (χ0n) is 16.4. The average molecular weight is 425 g/mol. The second-order valence-corrected chi connectivity index (χ2v) is 6.40. The molecule has 1 heterocycles. The Morgan fingerprint density at radius 2 is 1.97 bits per heavy atom. The lowest BCUT2D eigenvalue weighted by atomic mass is 10.1. The molecule has 2 amide bonds. The Labute approximate surface area is 176 Å². The van der Waals surface area contributed by atoms with Crippen molar-refractivity contribution in [2.24, 2.45) is 0 Å². The maximum Gasteiger partial charge on any atom is 0.247 e. The third kappa shape index (κ3) is 5.73. The molecule has 160 valence electrons. The fourth-order valence-corrected chi connectivity index (χ4v) is 2.73. The van der Waals surface area contributed by atoms with Crippen LogP contribution in [0.25, 0.3) is 10.9 Å². The van der Waals surface area contributed by atoms with Crippen LogP contribution in [-0.2, 0) is 9.59 Å². The van der Waals surface area contributed by atoms with Gasteiger partial charge in [0, 0.05) is 23.6 Å². The first-order chi connectivity index (χ1) is 15.0. The number of hydrogen-bond acceptors (Lipinski definition) is 7. The van der Waals surface area contributed by atoms with Crippen molar-refractivity contribution in [3.63, 3.8) is 0 Å². The molecule has 0 saturated heterocycles. The highest BCUT2D eigenvalue weighted by Crippen LogP contribution is 2.33. The summed E-state index contributed by atoms with van der Waals surface area (Å²) in [5.41, 5.74) is 3.08. The van der Waals surface area contributed by atoms with Crippen molar-refractivity contribution in [1.82, 2.24) is 15.4 Å². The van der Waals surface area contributed by atoms with Crippen LogP contribution in [0.3, 0.4) is 0 Å². The number of hydrogen-bond donors (Lipinski definition) is 4. The molecule has 0 bridgehead atoms. The molecule has 0 aliphatic carbocycles. The van der Waals surface area contributed by atoms with Crippen LogP contribution in [-0.4, -0.2) is 33.6 Å². The summed E-state index contributed by atoms with van der Waals surface area (Å²) in [5.74, 6) is -0.513. The van der Waals surface area contributed by atoms with E-state index < -0.39 is 11.8 Å². The minimum atomic E-state index is -0.522. The Morgan fingerprint density at radius 1 is 1.19 bits per heavy atom. The van der Waals surface area contributed by atoms with Gasteiger partial charge in [-0.3, -0.25) is 14.8 Å². The second-order valence-electron chi connectivity index (χ2n) is 6.40. The van der Waals surface area contributed by atoms with E-state index in [4.69, 9.17) is 9.94 Å². The summed E-state index contributed by atoms with van der Waals surface area (Å²) in [6.07, 6.45) is 2.91. The monoisotopic (exact) mass is 425 g/mol. The predicted molar refractivity (Wildman–Crippen MR) is 113 cm³/mol. The van der Waals surface area contributed by atoms with Crippen molar-refractivity contribution in [1.29, 1.82) is 0 Å². The lowest BCUT2D eigenvalue weighted by molar-refractivity contribution is -0.129. The number of hydroxylamine groups is 1. The van der Waals surface area contributed by atoms with Crippen molar-refractivity contribution >= 4 is 39.9 Å². The van der Waals surface area contributed by atoms with Crippen molar-refractivity contribution < 1.29 is 23.9 Å². The number of fused-ring (bicyclic) bond motifs is 1. The molecule has 0 radical (unpaired) electrons. The Hall–Kier alpha value is -4.05. The molecule has 0 atom stereocenters. The second kappa shape index (κ2) is 10.1. The van der Waals surface area contributed by atoms with E-state index in [1.54, 1.807) is 29.7 Å². The van der Waals surface area contributed by atoms with Gasteiger partial charge in [0.2, 0.25) is 11.8 Å². The van der Waals surface area contributed by atoms with Gasteiger partial charge in [-0.05, 0) is 42.8 Å². The van der Waals surface area contributed by atoms with E-state index in [0.29, 0.717) is 40.3 Å². The molecule has 0 unspecified atom stereocenters. The topological polar surface area (TPSA) is 125 Å². The van der Waals surface area contributed by atoms with Crippen LogP contribution >= 0.6 is 0 Å². The maximum absolute atomic E-state index is 13.2. The van der Waals surface area contributed by atoms with Gasteiger partial charge in [-0.2, -0.15) is 0 Å². The molecule has 0 spiro atoms. The van der Waals surface area contributed by atoms with Crippen LogP contribution < -0.4 is 20.9 Å². The summed E-state index contributed by atoms with van der Waals surface area (Å²) >= 11 is 0. The highest BCUT2D eigenvalue weighted by Gasteiger charge is 2.13. The summed E-state index contributed by atoms with van der Waals surface area (Å²) in [5, 5.41) is 14.9. The van der Waals surface area contributed by atoms with Crippen LogP contribution in [0.2, 0.25) is 0 Å². The van der Waals surface area contributed by atoms with Crippen molar-refractivity contribution in [2.75, 3.05) is 17.2 Å².